The number of benzene rings is 1. The number of methoxy groups -OCH3 is 1. The van der Waals surface area contributed by atoms with Crippen LogP contribution in [-0.4, -0.2) is 68.6 Å². The van der Waals surface area contributed by atoms with Gasteiger partial charge in [0.15, 0.2) is 6.61 Å². The predicted octanol–water partition coefficient (Wildman–Crippen LogP) is 1.56. The summed E-state index contributed by atoms with van der Waals surface area (Å²) in [6.07, 6.45) is -0.970. The zero-order valence-electron chi connectivity index (χ0n) is 17.3. The lowest BCUT2D eigenvalue weighted by Gasteiger charge is -2.35. The standard InChI is InChI=1S/C21H29NO7/c1-14-15(2)29-20(24)11-18(28-13-26-4)17(10-16-8-6-5-7-9-16)22(3)19(23)12-27-21(14)25/h5-9,14-15,17-18H,10-13H2,1-4H3/t14-,15+,17-,18?/m0/s1. The van der Waals surface area contributed by atoms with Crippen LogP contribution in [-0.2, 0) is 39.8 Å². The maximum atomic E-state index is 12.7. The Labute approximate surface area is 171 Å². The minimum absolute atomic E-state index is 0.0355. The Balaban J connectivity index is 2.33. The van der Waals surface area contributed by atoms with Crippen LogP contribution in [0.5, 0.6) is 0 Å². The first kappa shape index (κ1) is 22.8. The van der Waals surface area contributed by atoms with E-state index >= 15 is 0 Å². The molecule has 0 spiro atoms. The van der Waals surface area contributed by atoms with Crippen molar-refractivity contribution in [2.75, 3.05) is 27.6 Å². The van der Waals surface area contributed by atoms with Gasteiger partial charge in [0.05, 0.1) is 24.5 Å². The number of esters is 2. The van der Waals surface area contributed by atoms with Crippen LogP contribution in [0.2, 0.25) is 0 Å². The molecule has 4 atom stereocenters. The number of ether oxygens (including phenoxy) is 4. The number of amides is 1. The van der Waals surface area contributed by atoms with Crippen molar-refractivity contribution in [3.05, 3.63) is 35.9 Å². The average molecular weight is 407 g/mol. The Hall–Kier alpha value is -2.45. The highest BCUT2D eigenvalue weighted by molar-refractivity contribution is 5.82. The summed E-state index contributed by atoms with van der Waals surface area (Å²) in [4.78, 5) is 38.8. The molecule has 160 valence electrons. The number of carbonyl (C=O) groups is 3. The molecular weight excluding hydrogens is 378 g/mol. The minimum Gasteiger partial charge on any atom is -0.462 e. The molecule has 0 aromatic heterocycles. The molecule has 1 aromatic rings. The second kappa shape index (κ2) is 10.9. The van der Waals surface area contributed by atoms with Gasteiger partial charge in [-0.3, -0.25) is 14.4 Å². The first-order chi connectivity index (χ1) is 13.8. The highest BCUT2D eigenvalue weighted by Crippen LogP contribution is 2.20. The van der Waals surface area contributed by atoms with E-state index in [0.29, 0.717) is 6.42 Å². The summed E-state index contributed by atoms with van der Waals surface area (Å²) >= 11 is 0. The van der Waals surface area contributed by atoms with Crippen molar-refractivity contribution < 1.29 is 33.3 Å². The van der Waals surface area contributed by atoms with Crippen LogP contribution in [0.15, 0.2) is 30.3 Å². The summed E-state index contributed by atoms with van der Waals surface area (Å²) in [7, 11) is 3.09. The summed E-state index contributed by atoms with van der Waals surface area (Å²) in [6, 6.07) is 9.08. The van der Waals surface area contributed by atoms with Crippen molar-refractivity contribution >= 4 is 17.8 Å². The number of hydrogen-bond donors (Lipinski definition) is 0. The van der Waals surface area contributed by atoms with E-state index in [9.17, 15) is 14.4 Å². The van der Waals surface area contributed by atoms with Gasteiger partial charge in [-0.25, -0.2) is 0 Å². The topological polar surface area (TPSA) is 91.4 Å². The van der Waals surface area contributed by atoms with E-state index < -0.39 is 36.1 Å². The zero-order valence-corrected chi connectivity index (χ0v) is 17.3. The van der Waals surface area contributed by atoms with Crippen molar-refractivity contribution in [1.29, 1.82) is 0 Å². The van der Waals surface area contributed by atoms with E-state index in [0.717, 1.165) is 5.56 Å². The van der Waals surface area contributed by atoms with Gasteiger partial charge >= 0.3 is 11.9 Å². The fourth-order valence-corrected chi connectivity index (χ4v) is 3.10. The Morgan fingerprint density at radius 3 is 2.48 bits per heavy atom. The lowest BCUT2D eigenvalue weighted by atomic mass is 9.97. The molecule has 1 unspecified atom stereocenters. The zero-order chi connectivity index (χ0) is 21.4. The fraction of sp³-hybridized carbons (Fsp3) is 0.571. The third-order valence-electron chi connectivity index (χ3n) is 5.11. The van der Waals surface area contributed by atoms with Crippen LogP contribution in [0.1, 0.15) is 25.8 Å². The molecule has 8 heteroatoms. The number of hydrogen-bond acceptors (Lipinski definition) is 7. The lowest BCUT2D eigenvalue weighted by molar-refractivity contribution is -0.171. The number of rotatable bonds is 5. The Kier molecular flexibility index (Phi) is 8.60. The van der Waals surface area contributed by atoms with E-state index in [1.54, 1.807) is 20.9 Å². The first-order valence-corrected chi connectivity index (χ1v) is 9.59. The molecule has 1 saturated heterocycles. The molecule has 2 rings (SSSR count). The van der Waals surface area contributed by atoms with Crippen molar-refractivity contribution in [3.8, 4) is 0 Å². The maximum Gasteiger partial charge on any atom is 0.312 e. The van der Waals surface area contributed by atoms with Crippen LogP contribution in [0.4, 0.5) is 0 Å². The van der Waals surface area contributed by atoms with Gasteiger partial charge in [-0.1, -0.05) is 30.3 Å². The van der Waals surface area contributed by atoms with Gasteiger partial charge in [0.25, 0.3) is 5.91 Å². The predicted molar refractivity (Wildman–Crippen MR) is 104 cm³/mol. The van der Waals surface area contributed by atoms with Crippen LogP contribution in [0, 0.1) is 5.92 Å². The molecule has 0 aliphatic carbocycles. The molecular formula is C21H29NO7. The van der Waals surface area contributed by atoms with E-state index in [-0.39, 0.29) is 25.7 Å². The third-order valence-corrected chi connectivity index (χ3v) is 5.11. The first-order valence-electron chi connectivity index (χ1n) is 9.59. The van der Waals surface area contributed by atoms with Crippen molar-refractivity contribution in [1.82, 2.24) is 4.90 Å². The van der Waals surface area contributed by atoms with Gasteiger partial charge in [-0.15, -0.1) is 0 Å². The normalized spacial score (nSPS) is 26.9. The monoisotopic (exact) mass is 407 g/mol. The quantitative estimate of drug-likeness (QED) is 0.540. The molecule has 1 aliphatic heterocycles. The average Bonchev–Trinajstić information content (AvgIpc) is 2.72. The minimum atomic E-state index is -0.685. The molecule has 8 nitrogen and oxygen atoms in total. The lowest BCUT2D eigenvalue weighted by Crippen LogP contribution is -2.50. The number of nitrogens with zero attached hydrogens (tertiary/aromatic N) is 1. The summed E-state index contributed by atoms with van der Waals surface area (Å²) < 4.78 is 21.3. The van der Waals surface area contributed by atoms with Crippen LogP contribution < -0.4 is 0 Å². The van der Waals surface area contributed by atoms with Gasteiger partial charge < -0.3 is 23.8 Å². The molecule has 29 heavy (non-hydrogen) atoms. The molecule has 1 amide bonds. The molecule has 0 radical (unpaired) electrons. The van der Waals surface area contributed by atoms with E-state index in [2.05, 4.69) is 0 Å². The van der Waals surface area contributed by atoms with Crippen molar-refractivity contribution in [2.45, 2.75) is 44.9 Å². The number of likely N-dealkylation sites (N-methyl/N-ethyl adjacent to an activating group) is 1. The Morgan fingerprint density at radius 2 is 1.83 bits per heavy atom. The SMILES string of the molecule is COCOC1CC(=O)O[C@H](C)[C@H](C)C(=O)OCC(=O)N(C)[C@H]1Cc1ccccc1. The van der Waals surface area contributed by atoms with E-state index in [4.69, 9.17) is 18.9 Å². The summed E-state index contributed by atoms with van der Waals surface area (Å²) in [5.74, 6) is -2.16. The molecule has 0 saturated carbocycles. The molecule has 1 aliphatic rings. The second-order valence-corrected chi connectivity index (χ2v) is 7.17. The second-order valence-electron chi connectivity index (χ2n) is 7.17. The molecule has 0 bridgehead atoms. The third kappa shape index (κ3) is 6.54. The van der Waals surface area contributed by atoms with Crippen LogP contribution >= 0.6 is 0 Å². The smallest absolute Gasteiger partial charge is 0.312 e. The molecule has 1 fully saturated rings. The van der Waals surface area contributed by atoms with Gasteiger partial charge in [0, 0.05) is 14.2 Å². The van der Waals surface area contributed by atoms with Crippen LogP contribution in [0.3, 0.4) is 0 Å². The van der Waals surface area contributed by atoms with Gasteiger partial charge in [0.1, 0.15) is 12.9 Å². The Bertz CT molecular complexity index is 694. The maximum absolute atomic E-state index is 12.7. The largest absolute Gasteiger partial charge is 0.462 e. The van der Waals surface area contributed by atoms with E-state index in [1.165, 1.54) is 12.0 Å². The van der Waals surface area contributed by atoms with E-state index in [1.807, 2.05) is 30.3 Å². The molecule has 0 N–H and O–H groups in total. The number of cyclic esters (lactones) is 2. The summed E-state index contributed by atoms with van der Waals surface area (Å²) in [6.45, 7) is 2.79. The van der Waals surface area contributed by atoms with Crippen molar-refractivity contribution in [3.63, 3.8) is 0 Å². The summed E-state index contributed by atoms with van der Waals surface area (Å²) in [5.41, 5.74) is 0.975. The van der Waals surface area contributed by atoms with Crippen molar-refractivity contribution in [2.24, 2.45) is 5.92 Å². The van der Waals surface area contributed by atoms with Gasteiger partial charge in [-0.05, 0) is 25.8 Å². The Morgan fingerprint density at radius 1 is 1.14 bits per heavy atom. The fourth-order valence-electron chi connectivity index (χ4n) is 3.10. The summed E-state index contributed by atoms with van der Waals surface area (Å²) in [5, 5.41) is 0. The highest BCUT2D eigenvalue weighted by Gasteiger charge is 2.35. The van der Waals surface area contributed by atoms with Gasteiger partial charge in [0.2, 0.25) is 0 Å². The molecule has 1 aromatic carbocycles. The highest BCUT2D eigenvalue weighted by atomic mass is 16.7. The molecule has 1 heterocycles. The van der Waals surface area contributed by atoms with Crippen LogP contribution in [0.25, 0.3) is 0 Å². The number of carbonyl (C=O) groups excluding carboxylic acids is 3. The van der Waals surface area contributed by atoms with Gasteiger partial charge in [-0.2, -0.15) is 0 Å².